The van der Waals surface area contributed by atoms with Crippen LogP contribution in [0.25, 0.3) is 0 Å². The molecule has 7 nitrogen and oxygen atoms in total. The lowest BCUT2D eigenvalue weighted by molar-refractivity contribution is 0.0951. The Kier molecular flexibility index (Phi) is 9.16. The monoisotopic (exact) mass is 451 g/mol. The number of carbonyl (C=O) groups excluding carboxylic acids is 1. The van der Waals surface area contributed by atoms with Crippen molar-refractivity contribution in [1.29, 1.82) is 0 Å². The first-order valence-corrected chi connectivity index (χ1v) is 13.1. The highest BCUT2D eigenvalue weighted by Crippen LogP contribution is 2.29. The van der Waals surface area contributed by atoms with Gasteiger partial charge in [-0.25, -0.2) is 8.42 Å². The maximum absolute atomic E-state index is 13.3. The maximum Gasteiger partial charge on any atom is 0.251 e. The molecule has 0 radical (unpaired) electrons. The van der Waals surface area contributed by atoms with E-state index in [0.29, 0.717) is 25.2 Å². The second-order valence-corrected chi connectivity index (χ2v) is 10.5. The minimum absolute atomic E-state index is 0.0779. The SMILES string of the molecule is COc1ccc(C(=O)NCCCN2CCCCCC2)cc1S(=O)(=O)N1CCCCCC1. The van der Waals surface area contributed by atoms with E-state index in [9.17, 15) is 13.2 Å². The van der Waals surface area contributed by atoms with Gasteiger partial charge in [-0.2, -0.15) is 4.31 Å². The molecule has 0 unspecified atom stereocenters. The fourth-order valence-electron chi connectivity index (χ4n) is 4.41. The number of nitrogens with one attached hydrogen (secondary N) is 1. The van der Waals surface area contributed by atoms with Crippen molar-refractivity contribution in [2.75, 3.05) is 46.4 Å². The number of likely N-dealkylation sites (tertiary alicyclic amines) is 1. The van der Waals surface area contributed by atoms with Crippen molar-refractivity contribution in [2.45, 2.75) is 62.7 Å². The number of ether oxygens (including phenoxy) is 1. The molecule has 31 heavy (non-hydrogen) atoms. The first-order valence-electron chi connectivity index (χ1n) is 11.7. The van der Waals surface area contributed by atoms with E-state index in [0.717, 1.165) is 51.7 Å². The Morgan fingerprint density at radius 1 is 0.968 bits per heavy atom. The molecule has 2 aliphatic heterocycles. The molecule has 0 aromatic heterocycles. The lowest BCUT2D eigenvalue weighted by Gasteiger charge is -2.22. The van der Waals surface area contributed by atoms with Gasteiger partial charge in [0.1, 0.15) is 10.6 Å². The zero-order valence-corrected chi connectivity index (χ0v) is 19.6. The van der Waals surface area contributed by atoms with Crippen molar-refractivity contribution in [3.05, 3.63) is 23.8 Å². The van der Waals surface area contributed by atoms with Gasteiger partial charge < -0.3 is 15.0 Å². The molecule has 3 rings (SSSR count). The molecular formula is C23H37N3O4S. The molecule has 0 spiro atoms. The molecule has 0 atom stereocenters. The van der Waals surface area contributed by atoms with Crippen LogP contribution in [0.5, 0.6) is 5.75 Å². The molecule has 2 saturated heterocycles. The van der Waals surface area contributed by atoms with Gasteiger partial charge in [-0.3, -0.25) is 4.79 Å². The van der Waals surface area contributed by atoms with Gasteiger partial charge in [0.25, 0.3) is 5.91 Å². The Hall–Kier alpha value is -1.64. The van der Waals surface area contributed by atoms with E-state index in [2.05, 4.69) is 10.2 Å². The zero-order chi connectivity index (χ0) is 22.1. The predicted molar refractivity (Wildman–Crippen MR) is 122 cm³/mol. The highest BCUT2D eigenvalue weighted by atomic mass is 32.2. The van der Waals surface area contributed by atoms with Gasteiger partial charge in [0.15, 0.2) is 0 Å². The Bertz CT molecular complexity index is 812. The largest absolute Gasteiger partial charge is 0.495 e. The summed E-state index contributed by atoms with van der Waals surface area (Å²) in [7, 11) is -2.25. The third kappa shape index (κ3) is 6.67. The zero-order valence-electron chi connectivity index (χ0n) is 18.8. The Labute approximate surface area is 187 Å². The van der Waals surface area contributed by atoms with Crippen LogP contribution in [-0.2, 0) is 10.0 Å². The van der Waals surface area contributed by atoms with Crippen molar-refractivity contribution < 1.29 is 17.9 Å². The number of sulfonamides is 1. The van der Waals surface area contributed by atoms with Crippen molar-refractivity contribution in [2.24, 2.45) is 0 Å². The van der Waals surface area contributed by atoms with Gasteiger partial charge in [-0.15, -0.1) is 0 Å². The summed E-state index contributed by atoms with van der Waals surface area (Å²) < 4.78 is 33.4. The van der Waals surface area contributed by atoms with E-state index in [4.69, 9.17) is 4.74 Å². The second-order valence-electron chi connectivity index (χ2n) is 8.55. The number of benzene rings is 1. The third-order valence-electron chi connectivity index (χ3n) is 6.24. The van der Waals surface area contributed by atoms with E-state index in [1.165, 1.54) is 43.2 Å². The summed E-state index contributed by atoms with van der Waals surface area (Å²) in [6.07, 6.45) is 9.84. The third-order valence-corrected chi connectivity index (χ3v) is 8.16. The number of amides is 1. The van der Waals surface area contributed by atoms with Crippen LogP contribution >= 0.6 is 0 Å². The van der Waals surface area contributed by atoms with Gasteiger partial charge in [-0.05, 0) is 69.9 Å². The molecule has 1 aromatic rings. The molecule has 0 saturated carbocycles. The summed E-state index contributed by atoms with van der Waals surface area (Å²) >= 11 is 0. The van der Waals surface area contributed by atoms with Gasteiger partial charge in [0.05, 0.1) is 7.11 Å². The van der Waals surface area contributed by atoms with Gasteiger partial charge in [0.2, 0.25) is 10.0 Å². The van der Waals surface area contributed by atoms with E-state index in [1.807, 2.05) is 0 Å². The second kappa shape index (κ2) is 11.8. The number of hydrogen-bond donors (Lipinski definition) is 1. The first-order chi connectivity index (χ1) is 15.0. The lowest BCUT2D eigenvalue weighted by atomic mass is 10.2. The maximum atomic E-state index is 13.3. The quantitative estimate of drug-likeness (QED) is 0.614. The Balaban J connectivity index is 1.62. The molecule has 0 aliphatic carbocycles. The molecule has 2 heterocycles. The van der Waals surface area contributed by atoms with Gasteiger partial charge in [-0.1, -0.05) is 25.7 Å². The smallest absolute Gasteiger partial charge is 0.251 e. The average Bonchev–Trinajstić information content (AvgIpc) is 3.22. The summed E-state index contributed by atoms with van der Waals surface area (Å²) in [4.78, 5) is 15.2. The van der Waals surface area contributed by atoms with Crippen LogP contribution in [0.15, 0.2) is 23.1 Å². The van der Waals surface area contributed by atoms with Crippen molar-refractivity contribution in [1.82, 2.24) is 14.5 Å². The summed E-state index contributed by atoms with van der Waals surface area (Å²) in [5, 5.41) is 2.94. The number of rotatable bonds is 8. The minimum Gasteiger partial charge on any atom is -0.495 e. The number of carbonyl (C=O) groups is 1. The van der Waals surface area contributed by atoms with E-state index in [1.54, 1.807) is 12.1 Å². The van der Waals surface area contributed by atoms with E-state index >= 15 is 0 Å². The van der Waals surface area contributed by atoms with Gasteiger partial charge in [0, 0.05) is 25.2 Å². The van der Waals surface area contributed by atoms with Crippen LogP contribution in [0, 0.1) is 0 Å². The molecule has 1 amide bonds. The van der Waals surface area contributed by atoms with E-state index in [-0.39, 0.29) is 16.6 Å². The fraction of sp³-hybridized carbons (Fsp3) is 0.696. The highest BCUT2D eigenvalue weighted by Gasteiger charge is 2.29. The van der Waals surface area contributed by atoms with Crippen molar-refractivity contribution in [3.8, 4) is 5.75 Å². The summed E-state index contributed by atoms with van der Waals surface area (Å²) in [6, 6.07) is 4.67. The number of hydrogen-bond acceptors (Lipinski definition) is 5. The molecule has 8 heteroatoms. The molecule has 174 valence electrons. The summed E-state index contributed by atoms with van der Waals surface area (Å²) in [5.41, 5.74) is 0.351. The predicted octanol–water partition coefficient (Wildman–Crippen LogP) is 3.26. The Morgan fingerprint density at radius 2 is 1.58 bits per heavy atom. The van der Waals surface area contributed by atoms with Crippen LogP contribution < -0.4 is 10.1 Å². The number of nitrogens with zero attached hydrogens (tertiary/aromatic N) is 2. The van der Waals surface area contributed by atoms with Crippen LogP contribution in [0.4, 0.5) is 0 Å². The number of methoxy groups -OCH3 is 1. The van der Waals surface area contributed by atoms with Crippen molar-refractivity contribution >= 4 is 15.9 Å². The molecule has 0 bridgehead atoms. The van der Waals surface area contributed by atoms with Crippen LogP contribution in [0.3, 0.4) is 0 Å². The fourth-order valence-corrected chi connectivity index (χ4v) is 6.11. The Morgan fingerprint density at radius 3 is 2.19 bits per heavy atom. The lowest BCUT2D eigenvalue weighted by Crippen LogP contribution is -2.33. The van der Waals surface area contributed by atoms with E-state index < -0.39 is 10.0 Å². The van der Waals surface area contributed by atoms with Crippen LogP contribution in [0.1, 0.15) is 68.1 Å². The highest BCUT2D eigenvalue weighted by molar-refractivity contribution is 7.89. The molecular weight excluding hydrogens is 414 g/mol. The minimum atomic E-state index is -3.71. The molecule has 1 N–H and O–H groups in total. The normalized spacial score (nSPS) is 19.4. The summed E-state index contributed by atoms with van der Waals surface area (Å²) in [6.45, 7) is 4.87. The average molecular weight is 452 g/mol. The van der Waals surface area contributed by atoms with Crippen LogP contribution in [-0.4, -0.2) is 69.9 Å². The molecule has 2 aliphatic rings. The van der Waals surface area contributed by atoms with Gasteiger partial charge >= 0.3 is 0 Å². The van der Waals surface area contributed by atoms with Crippen LogP contribution in [0.2, 0.25) is 0 Å². The van der Waals surface area contributed by atoms with Crippen molar-refractivity contribution in [3.63, 3.8) is 0 Å². The topological polar surface area (TPSA) is 79.0 Å². The standard InChI is InChI=1S/C23H37N3O4S/c1-30-21-12-11-20(19-22(21)31(28,29)26-17-8-4-5-9-18-26)23(27)24-13-10-16-25-14-6-2-3-7-15-25/h11-12,19H,2-10,13-18H2,1H3,(H,24,27). The molecule has 1 aromatic carbocycles. The summed E-state index contributed by atoms with van der Waals surface area (Å²) in [5.74, 6) is 0.0350. The first kappa shape index (κ1) is 24.0. The molecule has 2 fully saturated rings.